The van der Waals surface area contributed by atoms with Gasteiger partial charge in [-0.1, -0.05) is 23.7 Å². The van der Waals surface area contributed by atoms with E-state index in [0.717, 1.165) is 16.1 Å². The fourth-order valence-electron chi connectivity index (χ4n) is 1.70. The second-order valence-electron chi connectivity index (χ2n) is 4.40. The van der Waals surface area contributed by atoms with Crippen LogP contribution in [-0.4, -0.2) is 11.7 Å². The van der Waals surface area contributed by atoms with Crippen molar-refractivity contribution in [1.82, 2.24) is 0 Å². The summed E-state index contributed by atoms with van der Waals surface area (Å²) in [5, 5.41) is 3.42. The summed E-state index contributed by atoms with van der Waals surface area (Å²) < 4.78 is 0. The first-order valence-electron chi connectivity index (χ1n) is 6.09. The van der Waals surface area contributed by atoms with Gasteiger partial charge in [-0.2, -0.15) is 0 Å². The number of rotatable bonds is 4. The fraction of sp³-hybridized carbons (Fsp3) is 0.133. The van der Waals surface area contributed by atoms with Gasteiger partial charge in [-0.15, -0.1) is 11.8 Å². The number of amides is 1. The predicted octanol–water partition coefficient (Wildman–Crippen LogP) is 3.96. The van der Waals surface area contributed by atoms with Gasteiger partial charge in [0.2, 0.25) is 5.91 Å². The molecule has 2 rings (SSSR count). The van der Waals surface area contributed by atoms with Crippen molar-refractivity contribution >= 4 is 40.6 Å². The molecule has 0 unspecified atom stereocenters. The second kappa shape index (κ2) is 6.68. The van der Waals surface area contributed by atoms with Crippen molar-refractivity contribution < 1.29 is 4.79 Å². The van der Waals surface area contributed by atoms with E-state index in [1.807, 2.05) is 37.3 Å². The molecule has 2 aromatic carbocycles. The maximum Gasteiger partial charge on any atom is 0.234 e. The Kier molecular flexibility index (Phi) is 4.93. The average molecular weight is 307 g/mol. The van der Waals surface area contributed by atoms with Gasteiger partial charge in [-0.3, -0.25) is 4.79 Å². The van der Waals surface area contributed by atoms with E-state index in [-0.39, 0.29) is 5.91 Å². The third kappa shape index (κ3) is 4.18. The number of aryl methyl sites for hydroxylation is 1. The van der Waals surface area contributed by atoms with Gasteiger partial charge in [0.05, 0.1) is 10.8 Å². The number of nitrogens with two attached hydrogens (primary N) is 1. The molecule has 2 aromatic rings. The van der Waals surface area contributed by atoms with Crippen LogP contribution in [0.1, 0.15) is 5.56 Å². The summed E-state index contributed by atoms with van der Waals surface area (Å²) in [6, 6.07) is 13.0. The number of hydrogen-bond acceptors (Lipinski definition) is 3. The lowest BCUT2D eigenvalue weighted by Crippen LogP contribution is -2.14. The van der Waals surface area contributed by atoms with Crippen molar-refractivity contribution in [3.8, 4) is 0 Å². The molecule has 0 spiro atoms. The number of halogens is 1. The van der Waals surface area contributed by atoms with Crippen LogP contribution in [0.5, 0.6) is 0 Å². The third-order valence-corrected chi connectivity index (χ3v) is 4.11. The lowest BCUT2D eigenvalue weighted by atomic mass is 10.2. The minimum atomic E-state index is -0.0616. The minimum absolute atomic E-state index is 0.0616. The Morgan fingerprint density at radius 3 is 2.80 bits per heavy atom. The molecule has 5 heteroatoms. The molecule has 0 aromatic heterocycles. The standard InChI is InChI=1S/C15H15ClN2OS/c1-10-3-2-4-12(7-10)18-15(19)9-20-14-6-5-11(17)8-13(14)16/h2-8H,9,17H2,1H3,(H,18,19). The van der Waals surface area contributed by atoms with Crippen molar-refractivity contribution in [1.29, 1.82) is 0 Å². The molecule has 1 amide bonds. The molecule has 0 radical (unpaired) electrons. The minimum Gasteiger partial charge on any atom is -0.399 e. The van der Waals surface area contributed by atoms with Crippen LogP contribution < -0.4 is 11.1 Å². The molecule has 0 saturated carbocycles. The maximum absolute atomic E-state index is 11.9. The predicted molar refractivity (Wildman–Crippen MR) is 86.4 cm³/mol. The Morgan fingerprint density at radius 1 is 1.30 bits per heavy atom. The summed E-state index contributed by atoms with van der Waals surface area (Å²) >= 11 is 7.45. The first-order chi connectivity index (χ1) is 9.54. The number of carbonyl (C=O) groups is 1. The van der Waals surface area contributed by atoms with Gasteiger partial charge in [-0.25, -0.2) is 0 Å². The summed E-state index contributed by atoms with van der Waals surface area (Å²) in [5.41, 5.74) is 8.15. The maximum atomic E-state index is 11.9. The molecule has 0 fully saturated rings. The van der Waals surface area contributed by atoms with Crippen molar-refractivity contribution in [2.45, 2.75) is 11.8 Å². The highest BCUT2D eigenvalue weighted by atomic mass is 35.5. The lowest BCUT2D eigenvalue weighted by Gasteiger charge is -2.07. The monoisotopic (exact) mass is 306 g/mol. The molecule has 0 aliphatic rings. The van der Waals surface area contributed by atoms with Crippen molar-refractivity contribution in [3.05, 3.63) is 53.1 Å². The molecule has 0 heterocycles. The summed E-state index contributed by atoms with van der Waals surface area (Å²) in [7, 11) is 0. The normalized spacial score (nSPS) is 10.3. The van der Waals surface area contributed by atoms with Crippen molar-refractivity contribution in [2.24, 2.45) is 0 Å². The lowest BCUT2D eigenvalue weighted by molar-refractivity contribution is -0.113. The van der Waals surface area contributed by atoms with Gasteiger partial charge in [0.1, 0.15) is 0 Å². The fourth-order valence-corrected chi connectivity index (χ4v) is 2.77. The molecule has 0 atom stereocenters. The summed E-state index contributed by atoms with van der Waals surface area (Å²) in [5.74, 6) is 0.242. The Hall–Kier alpha value is -1.65. The molecule has 0 bridgehead atoms. The van der Waals surface area contributed by atoms with Crippen LogP contribution in [0.4, 0.5) is 11.4 Å². The smallest absolute Gasteiger partial charge is 0.234 e. The van der Waals surface area contributed by atoms with Gasteiger partial charge in [0.15, 0.2) is 0 Å². The molecule has 0 aliphatic heterocycles. The molecule has 104 valence electrons. The summed E-state index contributed by atoms with van der Waals surface area (Å²) in [4.78, 5) is 12.7. The average Bonchev–Trinajstić information content (AvgIpc) is 2.37. The Labute approximate surface area is 127 Å². The molecule has 3 N–H and O–H groups in total. The highest BCUT2D eigenvalue weighted by Gasteiger charge is 2.06. The largest absolute Gasteiger partial charge is 0.399 e. The van der Waals surface area contributed by atoms with E-state index < -0.39 is 0 Å². The van der Waals surface area contributed by atoms with Gasteiger partial charge >= 0.3 is 0 Å². The van der Waals surface area contributed by atoms with Crippen LogP contribution in [0.2, 0.25) is 5.02 Å². The second-order valence-corrected chi connectivity index (χ2v) is 5.82. The number of benzene rings is 2. The number of hydrogen-bond donors (Lipinski definition) is 2. The van der Waals surface area contributed by atoms with Crippen LogP contribution in [0.3, 0.4) is 0 Å². The van der Waals surface area contributed by atoms with Crippen LogP contribution in [0.15, 0.2) is 47.4 Å². The topological polar surface area (TPSA) is 55.1 Å². The number of nitrogen functional groups attached to an aromatic ring is 1. The van der Waals surface area contributed by atoms with E-state index in [9.17, 15) is 4.79 Å². The van der Waals surface area contributed by atoms with Gasteiger partial charge in [0, 0.05) is 16.3 Å². The molecule has 3 nitrogen and oxygen atoms in total. The zero-order chi connectivity index (χ0) is 14.5. The van der Waals surface area contributed by atoms with E-state index in [1.54, 1.807) is 12.1 Å². The molecular weight excluding hydrogens is 292 g/mol. The first-order valence-corrected chi connectivity index (χ1v) is 7.45. The SMILES string of the molecule is Cc1cccc(NC(=O)CSc2ccc(N)cc2Cl)c1. The quantitative estimate of drug-likeness (QED) is 0.664. The number of thioether (sulfide) groups is 1. The van der Waals surface area contributed by atoms with E-state index in [1.165, 1.54) is 11.8 Å². The highest BCUT2D eigenvalue weighted by molar-refractivity contribution is 8.00. The zero-order valence-corrected chi connectivity index (χ0v) is 12.6. The van der Waals surface area contributed by atoms with Crippen molar-refractivity contribution in [3.63, 3.8) is 0 Å². The number of nitrogens with one attached hydrogen (secondary N) is 1. The van der Waals surface area contributed by atoms with Gasteiger partial charge in [-0.05, 0) is 42.8 Å². The summed E-state index contributed by atoms with van der Waals surface area (Å²) in [6.07, 6.45) is 0. The Bertz CT molecular complexity index is 631. The van der Waals surface area contributed by atoms with Crippen LogP contribution in [0.25, 0.3) is 0 Å². The summed E-state index contributed by atoms with van der Waals surface area (Å²) in [6.45, 7) is 1.98. The molecule has 0 aliphatic carbocycles. The van der Waals surface area contributed by atoms with Crippen LogP contribution >= 0.6 is 23.4 Å². The van der Waals surface area contributed by atoms with Gasteiger partial charge < -0.3 is 11.1 Å². The molecule has 20 heavy (non-hydrogen) atoms. The van der Waals surface area contributed by atoms with Gasteiger partial charge in [0.25, 0.3) is 0 Å². The van der Waals surface area contributed by atoms with Crippen molar-refractivity contribution in [2.75, 3.05) is 16.8 Å². The molecular formula is C15H15ClN2OS. The first kappa shape index (κ1) is 14.8. The number of anilines is 2. The highest BCUT2D eigenvalue weighted by Crippen LogP contribution is 2.28. The van der Waals surface area contributed by atoms with Crippen LogP contribution in [0, 0.1) is 6.92 Å². The third-order valence-electron chi connectivity index (χ3n) is 2.62. The zero-order valence-electron chi connectivity index (χ0n) is 11.0. The van der Waals surface area contributed by atoms with E-state index >= 15 is 0 Å². The van der Waals surface area contributed by atoms with Crippen LogP contribution in [-0.2, 0) is 4.79 Å². The Morgan fingerprint density at radius 2 is 2.10 bits per heavy atom. The van der Waals surface area contributed by atoms with E-state index in [4.69, 9.17) is 17.3 Å². The Balaban J connectivity index is 1.92. The van der Waals surface area contributed by atoms with E-state index in [2.05, 4.69) is 5.32 Å². The number of carbonyl (C=O) groups excluding carboxylic acids is 1. The van der Waals surface area contributed by atoms with E-state index in [0.29, 0.717) is 16.5 Å². The molecule has 0 saturated heterocycles.